The van der Waals surface area contributed by atoms with Gasteiger partial charge in [-0.25, -0.2) is 8.78 Å². The van der Waals surface area contributed by atoms with Gasteiger partial charge in [-0.05, 0) is 18.2 Å². The average Bonchev–Trinajstić information content (AvgIpc) is 2.36. The summed E-state index contributed by atoms with van der Waals surface area (Å²) in [4.78, 5) is 15.6. The van der Waals surface area contributed by atoms with Gasteiger partial charge >= 0.3 is 0 Å². The number of nitrogens with one attached hydrogen (secondary N) is 1. The molecular weight excluding hydrogens is 276 g/mol. The van der Waals surface area contributed by atoms with Gasteiger partial charge in [0.2, 0.25) is 0 Å². The lowest BCUT2D eigenvalue weighted by molar-refractivity contribution is 0.102. The Kier molecular flexibility index (Phi) is 3.62. The molecule has 19 heavy (non-hydrogen) atoms. The molecule has 1 aromatic heterocycles. The van der Waals surface area contributed by atoms with E-state index in [0.717, 1.165) is 12.1 Å². The molecule has 2 aromatic rings. The number of nitrogen functional groups attached to an aromatic ring is 1. The molecule has 0 saturated carbocycles. The molecule has 1 aromatic carbocycles. The number of anilines is 2. The standard InChI is InChI=1S/C12H8ClF2N3O/c13-7-4-8(14)6(3-9(7)15)12(19)18-11-1-2-17-5-10(11)16/h1-5H,16H2,(H,17,18,19). The molecule has 0 spiro atoms. The van der Waals surface area contributed by atoms with Crippen molar-refractivity contribution in [3.63, 3.8) is 0 Å². The summed E-state index contributed by atoms with van der Waals surface area (Å²) < 4.78 is 26.8. The zero-order valence-electron chi connectivity index (χ0n) is 9.45. The van der Waals surface area contributed by atoms with Crippen LogP contribution in [0.4, 0.5) is 20.2 Å². The van der Waals surface area contributed by atoms with E-state index in [2.05, 4.69) is 10.3 Å². The number of aromatic nitrogens is 1. The monoisotopic (exact) mass is 283 g/mol. The van der Waals surface area contributed by atoms with Crippen molar-refractivity contribution < 1.29 is 13.6 Å². The highest BCUT2D eigenvalue weighted by atomic mass is 35.5. The molecule has 0 radical (unpaired) electrons. The number of halogens is 3. The Bertz CT molecular complexity index is 649. The number of carbonyl (C=O) groups excluding carboxylic acids is 1. The van der Waals surface area contributed by atoms with Crippen molar-refractivity contribution in [2.24, 2.45) is 0 Å². The summed E-state index contributed by atoms with van der Waals surface area (Å²) in [6.07, 6.45) is 2.74. The summed E-state index contributed by atoms with van der Waals surface area (Å²) in [7, 11) is 0. The Morgan fingerprint density at radius 1 is 1.32 bits per heavy atom. The van der Waals surface area contributed by atoms with E-state index in [1.54, 1.807) is 0 Å². The highest BCUT2D eigenvalue weighted by molar-refractivity contribution is 6.30. The van der Waals surface area contributed by atoms with Gasteiger partial charge in [0, 0.05) is 6.20 Å². The lowest BCUT2D eigenvalue weighted by Crippen LogP contribution is -2.15. The number of benzene rings is 1. The van der Waals surface area contributed by atoms with Gasteiger partial charge in [-0.2, -0.15) is 0 Å². The number of pyridine rings is 1. The van der Waals surface area contributed by atoms with Crippen molar-refractivity contribution in [1.82, 2.24) is 4.98 Å². The Morgan fingerprint density at radius 3 is 2.74 bits per heavy atom. The van der Waals surface area contributed by atoms with Crippen LogP contribution in [-0.2, 0) is 0 Å². The molecule has 3 N–H and O–H groups in total. The van der Waals surface area contributed by atoms with Crippen molar-refractivity contribution in [3.05, 3.63) is 52.8 Å². The first-order chi connectivity index (χ1) is 8.99. The molecule has 0 aliphatic rings. The van der Waals surface area contributed by atoms with Gasteiger partial charge in [-0.15, -0.1) is 0 Å². The molecule has 1 heterocycles. The van der Waals surface area contributed by atoms with Crippen molar-refractivity contribution in [1.29, 1.82) is 0 Å². The van der Waals surface area contributed by atoms with E-state index >= 15 is 0 Å². The topological polar surface area (TPSA) is 68.0 Å². The molecule has 98 valence electrons. The van der Waals surface area contributed by atoms with Crippen LogP contribution in [0.3, 0.4) is 0 Å². The second-order valence-electron chi connectivity index (χ2n) is 3.66. The first-order valence-electron chi connectivity index (χ1n) is 5.14. The van der Waals surface area contributed by atoms with E-state index in [-0.39, 0.29) is 11.4 Å². The van der Waals surface area contributed by atoms with E-state index < -0.39 is 28.1 Å². The number of carbonyl (C=O) groups is 1. The second kappa shape index (κ2) is 5.19. The van der Waals surface area contributed by atoms with Crippen molar-refractivity contribution in [2.45, 2.75) is 0 Å². The summed E-state index contributed by atoms with van der Waals surface area (Å²) in [5.41, 5.74) is 5.59. The fraction of sp³-hybridized carbons (Fsp3) is 0. The van der Waals surface area contributed by atoms with E-state index in [9.17, 15) is 13.6 Å². The summed E-state index contributed by atoms with van der Waals surface area (Å²) in [5.74, 6) is -2.63. The van der Waals surface area contributed by atoms with Crippen LogP contribution in [0.25, 0.3) is 0 Å². The third-order valence-corrected chi connectivity index (χ3v) is 2.64. The summed E-state index contributed by atoms with van der Waals surface area (Å²) >= 11 is 5.40. The molecular formula is C12H8ClF2N3O. The number of hydrogen-bond donors (Lipinski definition) is 2. The van der Waals surface area contributed by atoms with Crippen LogP contribution >= 0.6 is 11.6 Å². The maximum atomic E-state index is 13.5. The van der Waals surface area contributed by atoms with Crippen LogP contribution in [0.5, 0.6) is 0 Å². The predicted molar refractivity (Wildman–Crippen MR) is 68.0 cm³/mol. The van der Waals surface area contributed by atoms with Gasteiger partial charge < -0.3 is 11.1 Å². The maximum Gasteiger partial charge on any atom is 0.258 e. The third-order valence-electron chi connectivity index (χ3n) is 2.35. The minimum atomic E-state index is -0.920. The van der Waals surface area contributed by atoms with Crippen molar-refractivity contribution >= 4 is 28.9 Å². The van der Waals surface area contributed by atoms with Gasteiger partial charge in [0.15, 0.2) is 0 Å². The van der Waals surface area contributed by atoms with E-state index in [4.69, 9.17) is 17.3 Å². The Hall–Kier alpha value is -2.21. The number of nitrogens with two attached hydrogens (primary N) is 1. The minimum absolute atomic E-state index is 0.214. The number of amides is 1. The van der Waals surface area contributed by atoms with E-state index in [0.29, 0.717) is 0 Å². The number of hydrogen-bond acceptors (Lipinski definition) is 3. The highest BCUT2D eigenvalue weighted by Crippen LogP contribution is 2.21. The van der Waals surface area contributed by atoms with Gasteiger partial charge in [0.1, 0.15) is 11.6 Å². The smallest absolute Gasteiger partial charge is 0.258 e. The van der Waals surface area contributed by atoms with Crippen LogP contribution in [0.2, 0.25) is 5.02 Å². The molecule has 2 rings (SSSR count). The minimum Gasteiger partial charge on any atom is -0.396 e. The van der Waals surface area contributed by atoms with Crippen LogP contribution in [0.15, 0.2) is 30.6 Å². The number of nitrogens with zero attached hydrogens (tertiary/aromatic N) is 1. The Labute approximate surface area is 112 Å². The van der Waals surface area contributed by atoms with E-state index in [1.807, 2.05) is 0 Å². The maximum absolute atomic E-state index is 13.5. The molecule has 0 aliphatic heterocycles. The zero-order valence-corrected chi connectivity index (χ0v) is 10.2. The molecule has 0 saturated heterocycles. The molecule has 0 aliphatic carbocycles. The third kappa shape index (κ3) is 2.79. The molecule has 0 fully saturated rings. The zero-order chi connectivity index (χ0) is 14.0. The van der Waals surface area contributed by atoms with Gasteiger partial charge in [0.25, 0.3) is 5.91 Å². The fourth-order valence-corrected chi connectivity index (χ4v) is 1.56. The predicted octanol–water partition coefficient (Wildman–Crippen LogP) is 2.85. The molecule has 1 amide bonds. The van der Waals surface area contributed by atoms with Gasteiger partial charge in [-0.1, -0.05) is 11.6 Å². The largest absolute Gasteiger partial charge is 0.396 e. The molecule has 0 unspecified atom stereocenters. The fourth-order valence-electron chi connectivity index (χ4n) is 1.41. The van der Waals surface area contributed by atoms with Crippen LogP contribution in [-0.4, -0.2) is 10.9 Å². The van der Waals surface area contributed by atoms with Crippen LogP contribution < -0.4 is 11.1 Å². The molecule has 4 nitrogen and oxygen atoms in total. The first kappa shape index (κ1) is 13.2. The first-order valence-corrected chi connectivity index (χ1v) is 5.52. The van der Waals surface area contributed by atoms with Crippen molar-refractivity contribution in [2.75, 3.05) is 11.1 Å². The molecule has 0 atom stereocenters. The van der Waals surface area contributed by atoms with Gasteiger partial charge in [0.05, 0.1) is 28.2 Å². The second-order valence-corrected chi connectivity index (χ2v) is 4.07. The van der Waals surface area contributed by atoms with Gasteiger partial charge in [-0.3, -0.25) is 9.78 Å². The summed E-state index contributed by atoms with van der Waals surface area (Å²) in [6.45, 7) is 0. The lowest BCUT2D eigenvalue weighted by atomic mass is 10.2. The highest BCUT2D eigenvalue weighted by Gasteiger charge is 2.16. The van der Waals surface area contributed by atoms with Crippen LogP contribution in [0, 0.1) is 11.6 Å². The van der Waals surface area contributed by atoms with Crippen molar-refractivity contribution in [3.8, 4) is 0 Å². The number of rotatable bonds is 2. The SMILES string of the molecule is Nc1cnccc1NC(=O)c1cc(F)c(Cl)cc1F. The van der Waals surface area contributed by atoms with E-state index in [1.165, 1.54) is 18.5 Å². The average molecular weight is 284 g/mol. The van der Waals surface area contributed by atoms with Crippen LogP contribution in [0.1, 0.15) is 10.4 Å². The summed E-state index contributed by atoms with van der Waals surface area (Å²) in [5, 5.41) is 1.97. The normalized spacial score (nSPS) is 10.3. The lowest BCUT2D eigenvalue weighted by Gasteiger charge is -2.08. The molecule has 7 heteroatoms. The molecule has 0 bridgehead atoms. The quantitative estimate of drug-likeness (QED) is 0.833. The summed E-state index contributed by atoms with van der Waals surface area (Å²) in [6, 6.07) is 2.91. The Balaban J connectivity index is 2.31. The Morgan fingerprint density at radius 2 is 2.05 bits per heavy atom.